The molecule has 1 aliphatic rings. The number of piperidine rings is 1. The van der Waals surface area contributed by atoms with E-state index in [-0.39, 0.29) is 5.01 Å². The lowest BCUT2D eigenvalue weighted by Crippen LogP contribution is -2.32. The number of carboxylic acids is 1. The molecule has 0 radical (unpaired) electrons. The summed E-state index contributed by atoms with van der Waals surface area (Å²) in [6.07, 6.45) is 2.41. The monoisotopic (exact) mass is 241 g/mol. The molecule has 88 valence electrons. The molecular weight excluding hydrogens is 226 g/mol. The molecule has 1 fully saturated rings. The minimum atomic E-state index is -0.990. The molecule has 0 aromatic carbocycles. The summed E-state index contributed by atoms with van der Waals surface area (Å²) >= 11 is 0.959. The molecule has 0 amide bonds. The maximum Gasteiger partial charge on any atom is 0.366 e. The van der Waals surface area contributed by atoms with E-state index in [1.54, 1.807) is 0 Å². The molecule has 0 aliphatic carbocycles. The minimum absolute atomic E-state index is 0.0837. The van der Waals surface area contributed by atoms with Crippen LogP contribution in [0.15, 0.2) is 0 Å². The summed E-state index contributed by atoms with van der Waals surface area (Å²) in [4.78, 5) is 16.9. The summed E-state index contributed by atoms with van der Waals surface area (Å²) in [7, 11) is 0. The molecule has 1 N–H and O–H groups in total. The zero-order chi connectivity index (χ0) is 11.5. The molecule has 6 heteroatoms. The second kappa shape index (κ2) is 4.88. The van der Waals surface area contributed by atoms with Crippen molar-refractivity contribution in [1.82, 2.24) is 14.3 Å². The standard InChI is InChI=1S/C10H15N3O2S/c1-7-2-4-13(5-3-7)6-8-11-9(10(14)15)16-12-8/h7H,2-6H2,1H3,(H,14,15). The van der Waals surface area contributed by atoms with E-state index in [1.165, 1.54) is 12.8 Å². The third kappa shape index (κ3) is 2.76. The number of aromatic carboxylic acids is 1. The Bertz CT molecular complexity index is 372. The summed E-state index contributed by atoms with van der Waals surface area (Å²) in [5, 5.41) is 8.82. The highest BCUT2D eigenvalue weighted by Gasteiger charge is 2.18. The predicted octanol–water partition coefficient (Wildman–Crippen LogP) is 1.47. The quantitative estimate of drug-likeness (QED) is 0.868. The topological polar surface area (TPSA) is 66.3 Å². The van der Waals surface area contributed by atoms with Gasteiger partial charge in [-0.2, -0.15) is 4.37 Å². The van der Waals surface area contributed by atoms with Crippen molar-refractivity contribution >= 4 is 17.5 Å². The van der Waals surface area contributed by atoms with Gasteiger partial charge in [0.05, 0.1) is 6.54 Å². The summed E-state index contributed by atoms with van der Waals surface area (Å²) in [6, 6.07) is 0. The van der Waals surface area contributed by atoms with Gasteiger partial charge in [-0.1, -0.05) is 6.92 Å². The lowest BCUT2D eigenvalue weighted by molar-refractivity contribution is 0.0696. The van der Waals surface area contributed by atoms with Gasteiger partial charge in [0.2, 0.25) is 5.01 Å². The smallest absolute Gasteiger partial charge is 0.366 e. The Hall–Kier alpha value is -1.01. The van der Waals surface area contributed by atoms with E-state index >= 15 is 0 Å². The van der Waals surface area contributed by atoms with Crippen LogP contribution in [0.5, 0.6) is 0 Å². The first-order valence-electron chi connectivity index (χ1n) is 5.43. The Morgan fingerprint density at radius 2 is 2.25 bits per heavy atom. The van der Waals surface area contributed by atoms with Gasteiger partial charge >= 0.3 is 5.97 Å². The van der Waals surface area contributed by atoms with Gasteiger partial charge in [0.25, 0.3) is 0 Å². The molecule has 16 heavy (non-hydrogen) atoms. The molecule has 1 aromatic heterocycles. The van der Waals surface area contributed by atoms with E-state index in [0.29, 0.717) is 12.4 Å². The van der Waals surface area contributed by atoms with Gasteiger partial charge in [0.1, 0.15) is 0 Å². The van der Waals surface area contributed by atoms with Crippen LogP contribution in [0.2, 0.25) is 0 Å². The Morgan fingerprint density at radius 1 is 1.56 bits per heavy atom. The molecule has 0 bridgehead atoms. The van der Waals surface area contributed by atoms with Crippen LogP contribution in [0.1, 0.15) is 35.4 Å². The normalized spacial score (nSPS) is 18.8. The van der Waals surface area contributed by atoms with Crippen molar-refractivity contribution in [2.24, 2.45) is 5.92 Å². The SMILES string of the molecule is CC1CCN(Cc2nsc(C(=O)O)n2)CC1. The summed E-state index contributed by atoms with van der Waals surface area (Å²) < 4.78 is 4.06. The van der Waals surface area contributed by atoms with Crippen molar-refractivity contribution in [3.63, 3.8) is 0 Å². The van der Waals surface area contributed by atoms with Crippen molar-refractivity contribution in [2.75, 3.05) is 13.1 Å². The van der Waals surface area contributed by atoms with E-state index in [2.05, 4.69) is 21.2 Å². The van der Waals surface area contributed by atoms with Gasteiger partial charge < -0.3 is 5.11 Å². The van der Waals surface area contributed by atoms with E-state index in [0.717, 1.165) is 30.5 Å². The second-order valence-electron chi connectivity index (χ2n) is 4.28. The fraction of sp³-hybridized carbons (Fsp3) is 0.700. The first-order chi connectivity index (χ1) is 7.65. The lowest BCUT2D eigenvalue weighted by Gasteiger charge is -2.29. The highest BCUT2D eigenvalue weighted by molar-refractivity contribution is 7.07. The summed E-state index contributed by atoms with van der Waals surface area (Å²) in [6.45, 7) is 5.06. The van der Waals surface area contributed by atoms with E-state index in [9.17, 15) is 4.79 Å². The third-order valence-electron chi connectivity index (χ3n) is 2.89. The average Bonchev–Trinajstić information content (AvgIpc) is 2.70. The zero-order valence-electron chi connectivity index (χ0n) is 9.22. The number of hydrogen-bond acceptors (Lipinski definition) is 5. The fourth-order valence-corrected chi connectivity index (χ4v) is 2.34. The lowest BCUT2D eigenvalue weighted by atomic mass is 9.99. The number of carboxylic acid groups (broad SMARTS) is 1. The maximum atomic E-state index is 10.6. The average molecular weight is 241 g/mol. The Morgan fingerprint density at radius 3 is 2.81 bits per heavy atom. The fourth-order valence-electron chi connectivity index (χ4n) is 1.83. The van der Waals surface area contributed by atoms with Crippen LogP contribution in [0.4, 0.5) is 0 Å². The van der Waals surface area contributed by atoms with Crippen LogP contribution in [0.25, 0.3) is 0 Å². The Labute approximate surface area is 98.3 Å². The molecule has 0 spiro atoms. The molecule has 2 heterocycles. The maximum absolute atomic E-state index is 10.6. The van der Waals surface area contributed by atoms with E-state index < -0.39 is 5.97 Å². The number of rotatable bonds is 3. The number of nitrogens with zero attached hydrogens (tertiary/aromatic N) is 3. The molecule has 0 atom stereocenters. The largest absolute Gasteiger partial charge is 0.476 e. The highest BCUT2D eigenvalue weighted by atomic mass is 32.1. The van der Waals surface area contributed by atoms with Crippen LogP contribution in [0, 0.1) is 5.92 Å². The summed E-state index contributed by atoms with van der Waals surface area (Å²) in [5.41, 5.74) is 0. The second-order valence-corrected chi connectivity index (χ2v) is 5.03. The number of aromatic nitrogens is 2. The molecule has 5 nitrogen and oxygen atoms in total. The van der Waals surface area contributed by atoms with Gasteiger partial charge in [-0.05, 0) is 43.4 Å². The molecule has 0 saturated carbocycles. The number of likely N-dealkylation sites (tertiary alicyclic amines) is 1. The molecular formula is C10H15N3O2S. The molecule has 1 saturated heterocycles. The minimum Gasteiger partial charge on any atom is -0.476 e. The third-order valence-corrected chi connectivity index (χ3v) is 3.63. The Balaban J connectivity index is 1.91. The van der Waals surface area contributed by atoms with Crippen LogP contribution < -0.4 is 0 Å². The molecule has 2 rings (SSSR count). The van der Waals surface area contributed by atoms with E-state index in [1.807, 2.05) is 0 Å². The van der Waals surface area contributed by atoms with Crippen LogP contribution in [-0.4, -0.2) is 38.4 Å². The van der Waals surface area contributed by atoms with Gasteiger partial charge in [-0.3, -0.25) is 4.90 Å². The molecule has 1 aliphatic heterocycles. The van der Waals surface area contributed by atoms with Crippen LogP contribution in [-0.2, 0) is 6.54 Å². The Kier molecular flexibility index (Phi) is 3.50. The highest BCUT2D eigenvalue weighted by Crippen LogP contribution is 2.17. The van der Waals surface area contributed by atoms with Crippen LogP contribution in [0.3, 0.4) is 0 Å². The van der Waals surface area contributed by atoms with Crippen molar-refractivity contribution in [1.29, 1.82) is 0 Å². The zero-order valence-corrected chi connectivity index (χ0v) is 10.0. The van der Waals surface area contributed by atoms with Crippen molar-refractivity contribution < 1.29 is 9.90 Å². The van der Waals surface area contributed by atoms with Crippen molar-refractivity contribution in [3.8, 4) is 0 Å². The van der Waals surface area contributed by atoms with Gasteiger partial charge in [0, 0.05) is 0 Å². The predicted molar refractivity (Wildman–Crippen MR) is 60.5 cm³/mol. The summed E-state index contributed by atoms with van der Waals surface area (Å²) in [5.74, 6) is 0.446. The molecule has 1 aromatic rings. The molecule has 0 unspecified atom stereocenters. The number of carbonyl (C=O) groups is 1. The van der Waals surface area contributed by atoms with Gasteiger partial charge in [-0.15, -0.1) is 0 Å². The van der Waals surface area contributed by atoms with Crippen molar-refractivity contribution in [2.45, 2.75) is 26.3 Å². The first kappa shape index (κ1) is 11.5. The van der Waals surface area contributed by atoms with Crippen molar-refractivity contribution in [3.05, 3.63) is 10.8 Å². The van der Waals surface area contributed by atoms with E-state index in [4.69, 9.17) is 5.11 Å². The first-order valence-corrected chi connectivity index (χ1v) is 6.20. The number of hydrogen-bond donors (Lipinski definition) is 1. The van der Waals surface area contributed by atoms with Gasteiger partial charge in [0.15, 0.2) is 5.82 Å². The van der Waals surface area contributed by atoms with Gasteiger partial charge in [-0.25, -0.2) is 9.78 Å². The van der Waals surface area contributed by atoms with Crippen LogP contribution >= 0.6 is 11.5 Å².